The topological polar surface area (TPSA) is 71.0 Å². The predicted molar refractivity (Wildman–Crippen MR) is 139 cm³/mol. The third kappa shape index (κ3) is 4.71. The molecule has 0 spiro atoms. The molecule has 188 valence electrons. The molecule has 0 amide bonds. The van der Waals surface area contributed by atoms with Crippen LogP contribution in [0.2, 0.25) is 0 Å². The van der Waals surface area contributed by atoms with E-state index in [1.165, 1.54) is 11.1 Å². The molecule has 0 aliphatic carbocycles. The van der Waals surface area contributed by atoms with Gasteiger partial charge in [0.25, 0.3) is 0 Å². The molecule has 5 atom stereocenters. The summed E-state index contributed by atoms with van der Waals surface area (Å²) in [6, 6.07) is 27.1. The van der Waals surface area contributed by atoms with Crippen molar-refractivity contribution in [3.63, 3.8) is 0 Å². The first-order valence-electron chi connectivity index (χ1n) is 12.6. The van der Waals surface area contributed by atoms with Gasteiger partial charge in [-0.1, -0.05) is 60.7 Å². The van der Waals surface area contributed by atoms with Gasteiger partial charge in [0.2, 0.25) is 0 Å². The molecule has 36 heavy (non-hydrogen) atoms. The Morgan fingerprint density at radius 3 is 2.25 bits per heavy atom. The van der Waals surface area contributed by atoms with E-state index < -0.39 is 5.97 Å². The Bertz CT molecular complexity index is 1130. The zero-order chi connectivity index (χ0) is 25.1. The highest BCUT2D eigenvalue weighted by molar-refractivity contribution is 5.71. The molecule has 6 rings (SSSR count). The number of methoxy groups -OCH3 is 2. The molecule has 3 saturated heterocycles. The lowest BCUT2D eigenvalue weighted by atomic mass is 9.66. The normalized spacial score (nSPS) is 25.0. The highest BCUT2D eigenvalue weighted by atomic mass is 16.5. The first-order chi connectivity index (χ1) is 17.6. The molecule has 3 heterocycles. The molecule has 3 aromatic carbocycles. The van der Waals surface area contributed by atoms with E-state index in [0.29, 0.717) is 13.1 Å². The van der Waals surface area contributed by atoms with E-state index >= 15 is 0 Å². The van der Waals surface area contributed by atoms with Crippen molar-refractivity contribution in [3.05, 3.63) is 95.6 Å². The first-order valence-corrected chi connectivity index (χ1v) is 12.6. The molecule has 2 bridgehead atoms. The number of rotatable bonds is 9. The molecule has 2 N–H and O–H groups in total. The largest absolute Gasteiger partial charge is 0.497 e. The van der Waals surface area contributed by atoms with E-state index in [1.54, 1.807) is 14.2 Å². The SMILES string of the molecule is COc1ccc(OC)c(CN[C@@H]2[C@H]3CCN(C[C@H]3C(=O)O)[C@@H]2C(c2ccccc2)c2ccccc2)c1. The number of fused-ring (bicyclic) bond motifs is 3. The summed E-state index contributed by atoms with van der Waals surface area (Å²) in [6.45, 7) is 2.06. The number of hydrogen-bond acceptors (Lipinski definition) is 5. The van der Waals surface area contributed by atoms with E-state index in [2.05, 4.69) is 58.7 Å². The average Bonchev–Trinajstić information content (AvgIpc) is 2.93. The molecule has 0 saturated carbocycles. The number of piperidine rings is 3. The summed E-state index contributed by atoms with van der Waals surface area (Å²) in [7, 11) is 3.33. The van der Waals surface area contributed by atoms with Gasteiger partial charge in [-0.25, -0.2) is 0 Å². The molecule has 3 aromatic rings. The number of ether oxygens (including phenoxy) is 2. The third-order valence-electron chi connectivity index (χ3n) is 7.94. The summed E-state index contributed by atoms with van der Waals surface area (Å²) in [5.74, 6) is 0.641. The smallest absolute Gasteiger partial charge is 0.308 e. The number of benzene rings is 3. The van der Waals surface area contributed by atoms with Gasteiger partial charge >= 0.3 is 5.97 Å². The van der Waals surface area contributed by atoms with Crippen LogP contribution in [0.25, 0.3) is 0 Å². The van der Waals surface area contributed by atoms with Gasteiger partial charge in [-0.05, 0) is 48.2 Å². The maximum Gasteiger partial charge on any atom is 0.308 e. The van der Waals surface area contributed by atoms with E-state index in [4.69, 9.17) is 9.47 Å². The number of aliphatic carboxylic acids is 1. The van der Waals surface area contributed by atoms with Crippen LogP contribution in [0, 0.1) is 11.8 Å². The monoisotopic (exact) mass is 486 g/mol. The predicted octanol–water partition coefficient (Wildman–Crippen LogP) is 4.40. The molecule has 6 heteroatoms. The first kappa shape index (κ1) is 24.3. The second-order valence-corrected chi connectivity index (χ2v) is 9.77. The average molecular weight is 487 g/mol. The van der Waals surface area contributed by atoms with E-state index in [-0.39, 0.29) is 29.8 Å². The summed E-state index contributed by atoms with van der Waals surface area (Å²) in [5.41, 5.74) is 3.49. The Balaban J connectivity index is 1.54. The molecule has 6 nitrogen and oxygen atoms in total. The lowest BCUT2D eigenvalue weighted by Gasteiger charge is -2.56. The summed E-state index contributed by atoms with van der Waals surface area (Å²) in [5, 5.41) is 13.9. The standard InChI is InChI=1S/C30H34N2O4/c1-35-23-13-14-26(36-2)22(17-23)18-31-28-24-15-16-32(19-25(24)30(33)34)29(28)27(20-9-5-3-6-10-20)21-11-7-4-8-12-21/h3-14,17,24-25,27-29,31H,15-16,18-19H2,1-2H3,(H,33,34)/t24-,25+,28+,29+/m0/s1. The summed E-state index contributed by atoms with van der Waals surface area (Å²) in [6.07, 6.45) is 0.872. The molecule has 0 aromatic heterocycles. The molecular weight excluding hydrogens is 452 g/mol. The molecule has 1 unspecified atom stereocenters. The number of nitrogens with zero attached hydrogens (tertiary/aromatic N) is 1. The fraction of sp³-hybridized carbons (Fsp3) is 0.367. The number of carboxylic acids is 1. The van der Waals surface area contributed by atoms with E-state index in [0.717, 1.165) is 30.0 Å². The van der Waals surface area contributed by atoms with Gasteiger partial charge in [0, 0.05) is 36.7 Å². The zero-order valence-electron chi connectivity index (χ0n) is 20.8. The Morgan fingerprint density at radius 2 is 1.67 bits per heavy atom. The summed E-state index contributed by atoms with van der Waals surface area (Å²) >= 11 is 0. The van der Waals surface area contributed by atoms with Crippen molar-refractivity contribution in [1.29, 1.82) is 0 Å². The lowest BCUT2D eigenvalue weighted by Crippen LogP contribution is -2.68. The van der Waals surface area contributed by atoms with Gasteiger partial charge in [-0.3, -0.25) is 9.69 Å². The van der Waals surface area contributed by atoms with Crippen LogP contribution in [0.5, 0.6) is 11.5 Å². The maximum absolute atomic E-state index is 12.3. The van der Waals surface area contributed by atoms with E-state index in [1.807, 2.05) is 30.3 Å². The minimum absolute atomic E-state index is 0.00470. The minimum Gasteiger partial charge on any atom is -0.497 e. The second-order valence-electron chi connectivity index (χ2n) is 9.77. The summed E-state index contributed by atoms with van der Waals surface area (Å²) < 4.78 is 11.1. The van der Waals surface area contributed by atoms with E-state index in [9.17, 15) is 9.90 Å². The molecule has 3 aliphatic rings. The van der Waals surface area contributed by atoms with Crippen LogP contribution in [-0.2, 0) is 11.3 Å². The lowest BCUT2D eigenvalue weighted by molar-refractivity contribution is -0.152. The van der Waals surface area contributed by atoms with Crippen LogP contribution < -0.4 is 14.8 Å². The maximum atomic E-state index is 12.3. The molecule has 3 fully saturated rings. The Kier molecular flexibility index (Phi) is 7.25. The van der Waals surface area contributed by atoms with Gasteiger partial charge in [-0.2, -0.15) is 0 Å². The van der Waals surface area contributed by atoms with Crippen LogP contribution in [0.4, 0.5) is 0 Å². The Morgan fingerprint density at radius 1 is 1.00 bits per heavy atom. The van der Waals surface area contributed by atoms with Crippen LogP contribution in [0.15, 0.2) is 78.9 Å². The van der Waals surface area contributed by atoms with Gasteiger partial charge < -0.3 is 19.9 Å². The van der Waals surface area contributed by atoms with Crippen molar-refractivity contribution in [2.75, 3.05) is 27.3 Å². The molecule has 3 aliphatic heterocycles. The van der Waals surface area contributed by atoms with Crippen LogP contribution in [-0.4, -0.2) is 55.4 Å². The van der Waals surface area contributed by atoms with Crippen molar-refractivity contribution >= 4 is 5.97 Å². The van der Waals surface area contributed by atoms with Crippen LogP contribution in [0.3, 0.4) is 0 Å². The van der Waals surface area contributed by atoms with Gasteiger partial charge in [-0.15, -0.1) is 0 Å². The van der Waals surface area contributed by atoms with Gasteiger partial charge in [0.15, 0.2) is 0 Å². The zero-order valence-corrected chi connectivity index (χ0v) is 20.8. The highest BCUT2D eigenvalue weighted by Gasteiger charge is 2.52. The van der Waals surface area contributed by atoms with Crippen molar-refractivity contribution in [2.45, 2.75) is 31.0 Å². The molecule has 0 radical (unpaired) electrons. The Hall–Kier alpha value is -3.35. The van der Waals surface area contributed by atoms with Crippen LogP contribution >= 0.6 is 0 Å². The number of carboxylic acid groups (broad SMARTS) is 1. The number of hydrogen-bond donors (Lipinski definition) is 2. The number of carbonyl (C=O) groups is 1. The van der Waals surface area contributed by atoms with Crippen molar-refractivity contribution in [2.24, 2.45) is 11.8 Å². The second kappa shape index (κ2) is 10.7. The quantitative estimate of drug-likeness (QED) is 0.467. The minimum atomic E-state index is -0.704. The van der Waals surface area contributed by atoms with Gasteiger partial charge in [0.05, 0.1) is 20.1 Å². The number of nitrogens with one attached hydrogen (secondary N) is 1. The molecular formula is C30H34N2O4. The fourth-order valence-electron chi connectivity index (χ4n) is 6.28. The van der Waals surface area contributed by atoms with Gasteiger partial charge in [0.1, 0.15) is 11.5 Å². The fourth-order valence-corrected chi connectivity index (χ4v) is 6.28. The van der Waals surface area contributed by atoms with Crippen LogP contribution in [0.1, 0.15) is 29.0 Å². The highest BCUT2D eigenvalue weighted by Crippen LogP contribution is 2.44. The van der Waals surface area contributed by atoms with Crippen molar-refractivity contribution in [1.82, 2.24) is 10.2 Å². The third-order valence-corrected chi connectivity index (χ3v) is 7.94. The summed E-state index contributed by atoms with van der Waals surface area (Å²) in [4.78, 5) is 14.7. The Labute approximate surface area is 212 Å². The van der Waals surface area contributed by atoms with Crippen molar-refractivity contribution < 1.29 is 19.4 Å². The van der Waals surface area contributed by atoms with Crippen molar-refractivity contribution in [3.8, 4) is 11.5 Å².